The van der Waals surface area contributed by atoms with Gasteiger partial charge in [0.05, 0.1) is 0 Å². The molecule has 0 unspecified atom stereocenters. The predicted molar refractivity (Wildman–Crippen MR) is 135 cm³/mol. The van der Waals surface area contributed by atoms with Gasteiger partial charge in [-0.2, -0.15) is 0 Å². The Hall–Kier alpha value is -1.78. The molecule has 1 aliphatic carbocycles. The Morgan fingerprint density at radius 3 is 2.15 bits per heavy atom. The van der Waals surface area contributed by atoms with Gasteiger partial charge in [-0.25, -0.2) is 8.78 Å². The van der Waals surface area contributed by atoms with Crippen molar-refractivity contribution >= 4 is 0 Å². The highest BCUT2D eigenvalue weighted by molar-refractivity contribution is 5.34. The van der Waals surface area contributed by atoms with Crippen molar-refractivity contribution in [2.24, 2.45) is 11.8 Å². The first kappa shape index (κ1) is 26.8. The lowest BCUT2D eigenvalue weighted by molar-refractivity contribution is 0.142. The molecule has 4 heteroatoms. The molecule has 2 aromatic carbocycles. The lowest BCUT2D eigenvalue weighted by atomic mass is 9.77. The van der Waals surface area contributed by atoms with E-state index in [1.54, 1.807) is 6.07 Å². The molecule has 0 aromatic heterocycles. The number of halogens is 2. The lowest BCUT2D eigenvalue weighted by Crippen LogP contribution is -2.13. The third-order valence-corrected chi connectivity index (χ3v) is 7.72. The fourth-order valence-electron chi connectivity index (χ4n) is 5.49. The maximum absolute atomic E-state index is 13.8. The van der Waals surface area contributed by atoms with Gasteiger partial charge >= 0.3 is 0 Å². The number of alkyl halides is 2. The van der Waals surface area contributed by atoms with Crippen molar-refractivity contribution in [3.8, 4) is 0 Å². The minimum absolute atomic E-state index is 0.0429. The molecule has 188 valence electrons. The first-order valence-electron chi connectivity index (χ1n) is 13.2. The lowest BCUT2D eigenvalue weighted by Gasteiger charge is -2.28. The number of hydrogen-bond acceptors (Lipinski definition) is 2. The monoisotopic (exact) mass is 472 g/mol. The second-order valence-electron chi connectivity index (χ2n) is 10.2. The summed E-state index contributed by atoms with van der Waals surface area (Å²) in [4.78, 5) is 0. The molecule has 2 nitrogen and oxygen atoms in total. The van der Waals surface area contributed by atoms with E-state index in [0.29, 0.717) is 25.2 Å². The Morgan fingerprint density at radius 2 is 1.53 bits per heavy atom. The van der Waals surface area contributed by atoms with Gasteiger partial charge in [0.25, 0.3) is 6.43 Å². The zero-order chi connectivity index (χ0) is 24.3. The predicted octanol–water partition coefficient (Wildman–Crippen LogP) is 7.41. The summed E-state index contributed by atoms with van der Waals surface area (Å²) in [5.74, 6) is 1.45. The summed E-state index contributed by atoms with van der Waals surface area (Å²) in [7, 11) is 0. The van der Waals surface area contributed by atoms with Crippen molar-refractivity contribution in [2.75, 3.05) is 13.2 Å². The SMILES string of the molecule is CCCC1CCC(c2ccc(CCc3ccc(CCCC(CO)CO)cc3C(F)F)cc2)CC1. The summed E-state index contributed by atoms with van der Waals surface area (Å²) in [6, 6.07) is 14.3. The van der Waals surface area contributed by atoms with Gasteiger partial charge in [-0.3, -0.25) is 0 Å². The summed E-state index contributed by atoms with van der Waals surface area (Å²) in [5, 5.41) is 18.4. The largest absolute Gasteiger partial charge is 0.396 e. The first-order chi connectivity index (χ1) is 16.5. The maximum Gasteiger partial charge on any atom is 0.264 e. The van der Waals surface area contributed by atoms with Crippen LogP contribution < -0.4 is 0 Å². The molecular weight excluding hydrogens is 430 g/mol. The number of aliphatic hydroxyl groups is 2. The summed E-state index contributed by atoms with van der Waals surface area (Å²) >= 11 is 0. The third-order valence-electron chi connectivity index (χ3n) is 7.72. The molecule has 1 fully saturated rings. The Bertz CT molecular complexity index is 837. The zero-order valence-corrected chi connectivity index (χ0v) is 20.7. The summed E-state index contributed by atoms with van der Waals surface area (Å²) in [6.07, 6.45) is 8.93. The summed E-state index contributed by atoms with van der Waals surface area (Å²) < 4.78 is 27.5. The van der Waals surface area contributed by atoms with Gasteiger partial charge in [0.2, 0.25) is 0 Å². The minimum Gasteiger partial charge on any atom is -0.396 e. The van der Waals surface area contributed by atoms with Crippen molar-refractivity contribution in [2.45, 2.75) is 89.9 Å². The highest BCUT2D eigenvalue weighted by Gasteiger charge is 2.21. The topological polar surface area (TPSA) is 40.5 Å². The number of benzene rings is 2. The van der Waals surface area contributed by atoms with Crippen LogP contribution in [0.15, 0.2) is 42.5 Å². The van der Waals surface area contributed by atoms with E-state index in [9.17, 15) is 19.0 Å². The molecule has 0 atom stereocenters. The van der Waals surface area contributed by atoms with Gasteiger partial charge in [-0.1, -0.05) is 56.2 Å². The average molecular weight is 473 g/mol. The van der Waals surface area contributed by atoms with Crippen LogP contribution in [0.1, 0.15) is 98.5 Å². The normalized spacial score (nSPS) is 18.7. The van der Waals surface area contributed by atoms with Crippen LogP contribution in [0.4, 0.5) is 8.78 Å². The fourth-order valence-corrected chi connectivity index (χ4v) is 5.49. The van der Waals surface area contributed by atoms with Crippen LogP contribution in [0.5, 0.6) is 0 Å². The van der Waals surface area contributed by atoms with Crippen LogP contribution in [0, 0.1) is 11.8 Å². The molecule has 0 amide bonds. The second kappa shape index (κ2) is 13.9. The third kappa shape index (κ3) is 7.88. The maximum atomic E-state index is 13.8. The smallest absolute Gasteiger partial charge is 0.264 e. The van der Waals surface area contributed by atoms with Crippen molar-refractivity contribution in [3.63, 3.8) is 0 Å². The van der Waals surface area contributed by atoms with E-state index in [1.807, 2.05) is 12.1 Å². The highest BCUT2D eigenvalue weighted by Crippen LogP contribution is 2.37. The van der Waals surface area contributed by atoms with E-state index in [1.165, 1.54) is 49.7 Å². The number of aryl methyl sites for hydroxylation is 3. The van der Waals surface area contributed by atoms with Gasteiger partial charge in [-0.05, 0) is 97.9 Å². The molecule has 0 aliphatic heterocycles. The number of hydrogen-bond donors (Lipinski definition) is 2. The molecule has 1 saturated carbocycles. The van der Waals surface area contributed by atoms with E-state index in [0.717, 1.165) is 29.9 Å². The van der Waals surface area contributed by atoms with Crippen LogP contribution in [-0.4, -0.2) is 23.4 Å². The van der Waals surface area contributed by atoms with Gasteiger partial charge < -0.3 is 10.2 Å². The molecule has 1 aliphatic rings. The Kier molecular flexibility index (Phi) is 11.0. The molecule has 0 bridgehead atoms. The van der Waals surface area contributed by atoms with Crippen LogP contribution in [0.2, 0.25) is 0 Å². The van der Waals surface area contributed by atoms with Gasteiger partial charge in [0, 0.05) is 24.7 Å². The van der Waals surface area contributed by atoms with Crippen LogP contribution >= 0.6 is 0 Å². The van der Waals surface area contributed by atoms with E-state index in [-0.39, 0.29) is 24.7 Å². The van der Waals surface area contributed by atoms with Crippen molar-refractivity contribution in [1.29, 1.82) is 0 Å². The highest BCUT2D eigenvalue weighted by atomic mass is 19.3. The van der Waals surface area contributed by atoms with Crippen LogP contribution in [-0.2, 0) is 19.3 Å². The standard InChI is InChI=1S/C30H42F2O2/c1-2-4-22-7-13-26(14-8-22)27-15-9-23(10-16-27)11-17-28-18-12-24(19-29(28)30(31)32)5-3-6-25(20-33)21-34/h9-10,12,15-16,18-19,22,25-26,30,33-34H,2-8,11,13-14,17,20-21H2,1H3. The zero-order valence-electron chi connectivity index (χ0n) is 20.7. The molecule has 0 saturated heterocycles. The first-order valence-corrected chi connectivity index (χ1v) is 13.2. The van der Waals surface area contributed by atoms with E-state index in [4.69, 9.17) is 0 Å². The van der Waals surface area contributed by atoms with E-state index >= 15 is 0 Å². The van der Waals surface area contributed by atoms with Gasteiger partial charge in [0.1, 0.15) is 0 Å². The molecule has 2 aromatic rings. The summed E-state index contributed by atoms with van der Waals surface area (Å²) in [6.45, 7) is 2.19. The molecular formula is C30H42F2O2. The fraction of sp³-hybridized carbons (Fsp3) is 0.600. The molecule has 3 rings (SSSR count). The Morgan fingerprint density at radius 1 is 0.853 bits per heavy atom. The minimum atomic E-state index is -2.48. The van der Waals surface area contributed by atoms with Crippen LogP contribution in [0.3, 0.4) is 0 Å². The van der Waals surface area contributed by atoms with E-state index in [2.05, 4.69) is 31.2 Å². The molecule has 0 heterocycles. The Balaban J connectivity index is 1.54. The van der Waals surface area contributed by atoms with Crippen LogP contribution in [0.25, 0.3) is 0 Å². The van der Waals surface area contributed by atoms with Crippen molar-refractivity contribution in [1.82, 2.24) is 0 Å². The van der Waals surface area contributed by atoms with Gasteiger partial charge in [-0.15, -0.1) is 0 Å². The molecule has 2 N–H and O–H groups in total. The number of rotatable bonds is 13. The second-order valence-corrected chi connectivity index (χ2v) is 10.2. The van der Waals surface area contributed by atoms with Crippen molar-refractivity contribution < 1.29 is 19.0 Å². The average Bonchev–Trinajstić information content (AvgIpc) is 2.86. The summed E-state index contributed by atoms with van der Waals surface area (Å²) in [5.41, 5.74) is 4.39. The number of aliphatic hydroxyl groups excluding tert-OH is 2. The Labute approximate surface area is 204 Å². The molecule has 0 spiro atoms. The van der Waals surface area contributed by atoms with Gasteiger partial charge in [0.15, 0.2) is 0 Å². The molecule has 34 heavy (non-hydrogen) atoms. The van der Waals surface area contributed by atoms with E-state index < -0.39 is 6.43 Å². The van der Waals surface area contributed by atoms with Crippen molar-refractivity contribution in [3.05, 3.63) is 70.3 Å². The molecule has 0 radical (unpaired) electrons. The quantitative estimate of drug-likeness (QED) is 0.319.